The van der Waals surface area contributed by atoms with Gasteiger partial charge in [-0.2, -0.15) is 0 Å². The SMILES string of the molecule is Oc1cccc(-c2cnc(NCc3ccc(Cl)c(Cl)c3)c3nccn23)c1. The van der Waals surface area contributed by atoms with E-state index in [4.69, 9.17) is 23.2 Å². The Morgan fingerprint density at radius 2 is 1.92 bits per heavy atom. The molecule has 4 aromatic rings. The van der Waals surface area contributed by atoms with Crippen molar-refractivity contribution < 1.29 is 5.11 Å². The molecule has 2 aromatic heterocycles. The summed E-state index contributed by atoms with van der Waals surface area (Å²) in [7, 11) is 0. The molecular formula is C19H14Cl2N4O. The van der Waals surface area contributed by atoms with Gasteiger partial charge in [-0.05, 0) is 29.8 Å². The fourth-order valence-electron chi connectivity index (χ4n) is 2.76. The molecule has 0 spiro atoms. The lowest BCUT2D eigenvalue weighted by Gasteiger charge is -2.11. The maximum absolute atomic E-state index is 9.73. The minimum atomic E-state index is 0.206. The van der Waals surface area contributed by atoms with Crippen LogP contribution in [0.2, 0.25) is 10.0 Å². The van der Waals surface area contributed by atoms with Crippen molar-refractivity contribution in [2.45, 2.75) is 6.54 Å². The Balaban J connectivity index is 1.66. The van der Waals surface area contributed by atoms with E-state index in [0.29, 0.717) is 28.1 Å². The lowest BCUT2D eigenvalue weighted by Crippen LogP contribution is -2.05. The highest BCUT2D eigenvalue weighted by atomic mass is 35.5. The van der Waals surface area contributed by atoms with E-state index in [1.807, 2.05) is 28.8 Å². The summed E-state index contributed by atoms with van der Waals surface area (Å²) in [5, 5.41) is 14.1. The number of aromatic hydroxyl groups is 1. The number of hydrogen-bond donors (Lipinski definition) is 2. The van der Waals surface area contributed by atoms with Crippen molar-refractivity contribution in [2.24, 2.45) is 0 Å². The topological polar surface area (TPSA) is 62.5 Å². The Kier molecular flexibility index (Phi) is 4.41. The summed E-state index contributed by atoms with van der Waals surface area (Å²) in [5.41, 5.74) is 3.39. The van der Waals surface area contributed by atoms with Crippen molar-refractivity contribution in [2.75, 3.05) is 5.32 Å². The van der Waals surface area contributed by atoms with E-state index in [-0.39, 0.29) is 5.75 Å². The number of rotatable bonds is 4. The summed E-state index contributed by atoms with van der Waals surface area (Å²) in [4.78, 5) is 8.90. The van der Waals surface area contributed by atoms with Gasteiger partial charge >= 0.3 is 0 Å². The van der Waals surface area contributed by atoms with Crippen LogP contribution < -0.4 is 5.32 Å². The normalized spacial score (nSPS) is 11.0. The number of aromatic nitrogens is 3. The Morgan fingerprint density at radius 3 is 2.73 bits per heavy atom. The molecule has 0 amide bonds. The first-order valence-corrected chi connectivity index (χ1v) is 8.67. The van der Waals surface area contributed by atoms with E-state index >= 15 is 0 Å². The number of anilines is 1. The Hall–Kier alpha value is -2.76. The van der Waals surface area contributed by atoms with Gasteiger partial charge in [-0.3, -0.25) is 4.40 Å². The number of hydrogen-bond acceptors (Lipinski definition) is 4. The third-order valence-electron chi connectivity index (χ3n) is 4.01. The molecular weight excluding hydrogens is 371 g/mol. The van der Waals surface area contributed by atoms with Gasteiger partial charge in [0.15, 0.2) is 11.5 Å². The Morgan fingerprint density at radius 1 is 1.04 bits per heavy atom. The average Bonchev–Trinajstić information content (AvgIpc) is 3.12. The Bertz CT molecular complexity index is 1090. The Labute approximate surface area is 159 Å². The van der Waals surface area contributed by atoms with Crippen LogP contribution in [-0.4, -0.2) is 19.5 Å². The van der Waals surface area contributed by atoms with Crippen molar-refractivity contribution in [1.82, 2.24) is 14.4 Å². The van der Waals surface area contributed by atoms with Crippen LogP contribution in [0.3, 0.4) is 0 Å². The summed E-state index contributed by atoms with van der Waals surface area (Å²) < 4.78 is 1.93. The maximum atomic E-state index is 9.73. The summed E-state index contributed by atoms with van der Waals surface area (Å²) in [6.07, 6.45) is 5.33. The number of fused-ring (bicyclic) bond motifs is 1. The van der Waals surface area contributed by atoms with Crippen LogP contribution in [0.4, 0.5) is 5.82 Å². The molecule has 2 aromatic carbocycles. The monoisotopic (exact) mass is 384 g/mol. The molecule has 0 aliphatic carbocycles. The number of nitrogens with one attached hydrogen (secondary N) is 1. The molecule has 0 fully saturated rings. The average molecular weight is 385 g/mol. The van der Waals surface area contributed by atoms with Crippen LogP contribution in [0.5, 0.6) is 5.75 Å². The van der Waals surface area contributed by atoms with Crippen LogP contribution in [-0.2, 0) is 6.54 Å². The largest absolute Gasteiger partial charge is 0.508 e. The number of imidazole rings is 1. The zero-order valence-electron chi connectivity index (χ0n) is 13.5. The molecule has 0 unspecified atom stereocenters. The van der Waals surface area contributed by atoms with Crippen molar-refractivity contribution in [3.63, 3.8) is 0 Å². The summed E-state index contributed by atoms with van der Waals surface area (Å²) in [6, 6.07) is 12.5. The molecule has 5 nitrogen and oxygen atoms in total. The maximum Gasteiger partial charge on any atom is 0.180 e. The van der Waals surface area contributed by atoms with Gasteiger partial charge < -0.3 is 10.4 Å². The van der Waals surface area contributed by atoms with E-state index in [1.165, 1.54) is 0 Å². The van der Waals surface area contributed by atoms with Gasteiger partial charge in [0, 0.05) is 24.5 Å². The third-order valence-corrected chi connectivity index (χ3v) is 4.75. The zero-order chi connectivity index (χ0) is 18.1. The highest BCUT2D eigenvalue weighted by Gasteiger charge is 2.11. The van der Waals surface area contributed by atoms with Crippen molar-refractivity contribution in [3.05, 3.63) is 76.7 Å². The summed E-state index contributed by atoms with van der Waals surface area (Å²) in [5.74, 6) is 0.863. The molecule has 0 aliphatic rings. The molecule has 0 atom stereocenters. The van der Waals surface area contributed by atoms with Gasteiger partial charge in [-0.1, -0.05) is 41.4 Å². The molecule has 0 radical (unpaired) electrons. The number of phenolic OH excluding ortho intramolecular Hbond substituents is 1. The number of halogens is 2. The minimum Gasteiger partial charge on any atom is -0.508 e. The van der Waals surface area contributed by atoms with E-state index in [0.717, 1.165) is 16.8 Å². The highest BCUT2D eigenvalue weighted by molar-refractivity contribution is 6.42. The minimum absolute atomic E-state index is 0.206. The van der Waals surface area contributed by atoms with Gasteiger partial charge in [0.05, 0.1) is 21.9 Å². The van der Waals surface area contributed by atoms with Gasteiger partial charge in [-0.15, -0.1) is 0 Å². The third kappa shape index (κ3) is 3.19. The van der Waals surface area contributed by atoms with Crippen molar-refractivity contribution in [3.8, 4) is 17.0 Å². The highest BCUT2D eigenvalue weighted by Crippen LogP contribution is 2.26. The van der Waals surface area contributed by atoms with E-state index in [1.54, 1.807) is 36.7 Å². The smallest absolute Gasteiger partial charge is 0.180 e. The molecule has 0 aliphatic heterocycles. The second kappa shape index (κ2) is 6.86. The molecule has 0 bridgehead atoms. The van der Waals surface area contributed by atoms with Crippen LogP contribution in [0.15, 0.2) is 61.1 Å². The molecule has 0 saturated carbocycles. The quantitative estimate of drug-likeness (QED) is 0.518. The molecule has 130 valence electrons. The molecule has 4 rings (SSSR count). The zero-order valence-corrected chi connectivity index (χ0v) is 15.0. The van der Waals surface area contributed by atoms with Crippen molar-refractivity contribution >= 4 is 34.7 Å². The fraction of sp³-hybridized carbons (Fsp3) is 0.0526. The molecule has 2 N–H and O–H groups in total. The van der Waals surface area contributed by atoms with Gasteiger partial charge in [0.25, 0.3) is 0 Å². The van der Waals surface area contributed by atoms with Crippen LogP contribution >= 0.6 is 23.2 Å². The predicted octanol–water partition coefficient (Wildman–Crippen LogP) is 5.02. The lowest BCUT2D eigenvalue weighted by molar-refractivity contribution is 0.475. The fourth-order valence-corrected chi connectivity index (χ4v) is 3.08. The first-order valence-electron chi connectivity index (χ1n) is 7.91. The standard InChI is InChI=1S/C19H14Cl2N4O/c20-15-5-4-12(8-16(15)21)10-23-18-19-22-6-7-25(19)17(11-24-18)13-2-1-3-14(26)9-13/h1-9,11,26H,10H2,(H,23,24). The summed E-state index contributed by atoms with van der Waals surface area (Å²) in [6.45, 7) is 0.540. The molecule has 7 heteroatoms. The second-order valence-electron chi connectivity index (χ2n) is 5.77. The van der Waals surface area contributed by atoms with Gasteiger partial charge in [0.1, 0.15) is 5.75 Å². The molecule has 0 saturated heterocycles. The van der Waals surface area contributed by atoms with Crippen LogP contribution in [0, 0.1) is 0 Å². The van der Waals surface area contributed by atoms with Gasteiger partial charge in [-0.25, -0.2) is 9.97 Å². The lowest BCUT2D eigenvalue weighted by atomic mass is 10.1. The second-order valence-corrected chi connectivity index (χ2v) is 6.58. The van der Waals surface area contributed by atoms with Crippen LogP contribution in [0.25, 0.3) is 16.9 Å². The number of phenols is 1. The first-order chi connectivity index (χ1) is 12.6. The van der Waals surface area contributed by atoms with Crippen LogP contribution in [0.1, 0.15) is 5.56 Å². The van der Waals surface area contributed by atoms with E-state index in [2.05, 4.69) is 15.3 Å². The number of nitrogens with zero attached hydrogens (tertiary/aromatic N) is 3. The first kappa shape index (κ1) is 16.7. The molecule has 26 heavy (non-hydrogen) atoms. The van der Waals surface area contributed by atoms with E-state index in [9.17, 15) is 5.11 Å². The molecule has 2 heterocycles. The predicted molar refractivity (Wildman–Crippen MR) is 104 cm³/mol. The van der Waals surface area contributed by atoms with E-state index < -0.39 is 0 Å². The van der Waals surface area contributed by atoms with Gasteiger partial charge in [0.2, 0.25) is 0 Å². The summed E-state index contributed by atoms with van der Waals surface area (Å²) >= 11 is 12.0. The van der Waals surface area contributed by atoms with Crippen molar-refractivity contribution in [1.29, 1.82) is 0 Å². The number of benzene rings is 2.